The first-order chi connectivity index (χ1) is 11.4. The number of hydrogen-bond acceptors (Lipinski definition) is 3. The van der Waals surface area contributed by atoms with E-state index in [2.05, 4.69) is 15.0 Å². The molecule has 0 fully saturated rings. The van der Waals surface area contributed by atoms with Gasteiger partial charge in [0.1, 0.15) is 5.69 Å². The number of aromatic carboxylic acids is 1. The summed E-state index contributed by atoms with van der Waals surface area (Å²) in [6.07, 6.45) is -1.44. The van der Waals surface area contributed by atoms with Crippen LogP contribution in [0.25, 0.3) is 11.4 Å². The number of nitrogens with zero attached hydrogens (tertiary/aromatic N) is 3. The van der Waals surface area contributed by atoms with Gasteiger partial charge in [-0.3, -0.25) is 4.98 Å². The molecule has 0 atom stereocenters. The van der Waals surface area contributed by atoms with Crippen LogP contribution in [0.3, 0.4) is 0 Å². The van der Waals surface area contributed by atoms with E-state index in [1.807, 2.05) is 0 Å². The molecule has 25 heavy (non-hydrogen) atoms. The Morgan fingerprint density at radius 1 is 0.960 bits per heavy atom. The molecule has 3 aromatic rings. The van der Waals surface area contributed by atoms with Crippen molar-refractivity contribution < 1.29 is 43.2 Å². The van der Waals surface area contributed by atoms with E-state index in [0.717, 1.165) is 6.07 Å². The van der Waals surface area contributed by atoms with Crippen LogP contribution in [-0.4, -0.2) is 21.0 Å². The second kappa shape index (κ2) is 9.10. The van der Waals surface area contributed by atoms with Gasteiger partial charge in [-0.15, -0.1) is 5.69 Å². The van der Waals surface area contributed by atoms with Crippen molar-refractivity contribution in [3.8, 4) is 11.4 Å². The first kappa shape index (κ1) is 20.5. The van der Waals surface area contributed by atoms with Crippen molar-refractivity contribution in [2.24, 2.45) is 0 Å². The van der Waals surface area contributed by atoms with Gasteiger partial charge in [-0.1, -0.05) is 30.0 Å². The summed E-state index contributed by atoms with van der Waals surface area (Å²) in [5.74, 6) is -0.990. The van der Waals surface area contributed by atoms with Crippen molar-refractivity contribution in [2.45, 2.75) is 6.18 Å². The Balaban J connectivity index is 0.000000270. The molecule has 1 radical (unpaired) electrons. The van der Waals surface area contributed by atoms with Gasteiger partial charge in [0.05, 0.1) is 0 Å². The van der Waals surface area contributed by atoms with Gasteiger partial charge in [0.2, 0.25) is 0 Å². The summed E-state index contributed by atoms with van der Waals surface area (Å²) in [5.41, 5.74) is -0.128. The summed E-state index contributed by atoms with van der Waals surface area (Å²) >= 11 is 0. The third kappa shape index (κ3) is 6.13. The van der Waals surface area contributed by atoms with Gasteiger partial charge in [0.15, 0.2) is 0 Å². The topological polar surface area (TPSA) is 77.2 Å². The van der Waals surface area contributed by atoms with Crippen molar-refractivity contribution in [3.63, 3.8) is 0 Å². The normalized spacial score (nSPS) is 10.2. The van der Waals surface area contributed by atoms with Gasteiger partial charge in [0.25, 0.3) is 0 Å². The van der Waals surface area contributed by atoms with E-state index in [1.54, 1.807) is 30.3 Å². The predicted molar refractivity (Wildman–Crippen MR) is 79.2 cm³/mol. The number of hydrogen-bond donors (Lipinski definition) is 1. The van der Waals surface area contributed by atoms with Gasteiger partial charge in [-0.05, 0) is 24.3 Å². The standard InChI is InChI=1S/C10H6F3N2.C6H5NO2.Ir/c11-10(12,13)9-5-4-8(15-9)7-3-1-2-6-14-7;8-6(9)5-3-1-2-4-7-5;/h1-6H;1-4H,(H,8,9);/q-1;;. The van der Waals surface area contributed by atoms with Crippen LogP contribution < -0.4 is 4.98 Å². The largest absolute Gasteiger partial charge is 0.652 e. The third-order valence-electron chi connectivity index (χ3n) is 2.74. The Morgan fingerprint density at radius 3 is 2.00 bits per heavy atom. The number of alkyl halides is 3. The number of carbonyl (C=O) groups is 1. The molecule has 0 aliphatic rings. The smallest absolute Gasteiger partial charge is 0.396 e. The molecule has 5 nitrogen and oxygen atoms in total. The maximum Gasteiger partial charge on any atom is 0.396 e. The molecular formula is C16H11F3IrN3O2-. The number of rotatable bonds is 2. The second-order valence-corrected chi connectivity index (χ2v) is 4.45. The quantitative estimate of drug-likeness (QED) is 0.553. The maximum absolute atomic E-state index is 12.2. The fourth-order valence-electron chi connectivity index (χ4n) is 1.67. The molecule has 133 valence electrons. The molecule has 0 aliphatic carbocycles. The van der Waals surface area contributed by atoms with E-state index in [0.29, 0.717) is 5.69 Å². The first-order valence-corrected chi connectivity index (χ1v) is 6.64. The molecule has 0 amide bonds. The molecule has 9 heteroatoms. The summed E-state index contributed by atoms with van der Waals surface area (Å²) in [5, 5.41) is 8.32. The van der Waals surface area contributed by atoms with E-state index in [1.165, 1.54) is 24.5 Å². The van der Waals surface area contributed by atoms with E-state index in [-0.39, 0.29) is 31.5 Å². The van der Waals surface area contributed by atoms with E-state index >= 15 is 0 Å². The molecule has 0 aromatic carbocycles. The zero-order chi connectivity index (χ0) is 17.6. The van der Waals surface area contributed by atoms with Crippen molar-refractivity contribution >= 4 is 5.97 Å². The van der Waals surface area contributed by atoms with Gasteiger partial charge >= 0.3 is 12.1 Å². The van der Waals surface area contributed by atoms with Crippen molar-refractivity contribution in [3.05, 3.63) is 72.3 Å². The van der Waals surface area contributed by atoms with Crippen LogP contribution >= 0.6 is 0 Å². The van der Waals surface area contributed by atoms with E-state index in [4.69, 9.17) is 5.11 Å². The summed E-state index contributed by atoms with van der Waals surface area (Å²) in [4.78, 5) is 21.1. The Morgan fingerprint density at radius 2 is 1.60 bits per heavy atom. The fraction of sp³-hybridized carbons (Fsp3) is 0.0625. The molecule has 0 aliphatic heterocycles. The monoisotopic (exact) mass is 527 g/mol. The molecule has 3 aromatic heterocycles. The van der Waals surface area contributed by atoms with E-state index < -0.39 is 17.8 Å². The van der Waals surface area contributed by atoms with Crippen LogP contribution in [0.5, 0.6) is 0 Å². The molecule has 1 N–H and O–H groups in total. The number of pyridine rings is 2. The summed E-state index contributed by atoms with van der Waals surface area (Å²) in [6, 6.07) is 12.0. The third-order valence-corrected chi connectivity index (χ3v) is 2.74. The molecule has 0 saturated heterocycles. The zero-order valence-electron chi connectivity index (χ0n) is 12.4. The summed E-state index contributed by atoms with van der Waals surface area (Å²) < 4.78 is 36.7. The van der Waals surface area contributed by atoms with Crippen LogP contribution in [0.15, 0.2) is 60.9 Å². The number of carboxylic acids is 1. The Kier molecular flexibility index (Phi) is 7.47. The fourth-order valence-corrected chi connectivity index (χ4v) is 1.67. The maximum atomic E-state index is 12.2. The van der Waals surface area contributed by atoms with Crippen molar-refractivity contribution in [2.75, 3.05) is 0 Å². The predicted octanol–water partition coefficient (Wildman–Crippen LogP) is 3.50. The van der Waals surface area contributed by atoms with Crippen LogP contribution in [0.4, 0.5) is 13.2 Å². The minimum atomic E-state index is -4.40. The summed E-state index contributed by atoms with van der Waals surface area (Å²) in [6.45, 7) is 0. The Bertz CT molecular complexity index is 793. The molecule has 3 heterocycles. The number of carboxylic acid groups (broad SMARTS) is 1. The Labute approximate surface area is 154 Å². The van der Waals surface area contributed by atoms with Gasteiger partial charge in [-0.2, -0.15) is 13.2 Å². The minimum absolute atomic E-state index is 0. The van der Waals surface area contributed by atoms with E-state index in [9.17, 15) is 18.0 Å². The minimum Gasteiger partial charge on any atom is -0.652 e. The first-order valence-electron chi connectivity index (χ1n) is 6.64. The molecule has 0 unspecified atom stereocenters. The number of aromatic nitrogens is 3. The van der Waals surface area contributed by atoms with Gasteiger partial charge in [0, 0.05) is 38.2 Å². The average Bonchev–Trinajstić information content (AvgIpc) is 3.07. The van der Waals surface area contributed by atoms with Crippen molar-refractivity contribution in [1.29, 1.82) is 0 Å². The van der Waals surface area contributed by atoms with Gasteiger partial charge in [-0.25, -0.2) is 9.78 Å². The van der Waals surface area contributed by atoms with Crippen molar-refractivity contribution in [1.82, 2.24) is 15.0 Å². The van der Waals surface area contributed by atoms with Gasteiger partial charge < -0.3 is 10.1 Å². The molecular weight excluding hydrogens is 515 g/mol. The molecule has 0 saturated carbocycles. The molecule has 3 rings (SSSR count). The van der Waals surface area contributed by atoms with Crippen LogP contribution in [0, 0.1) is 0 Å². The van der Waals surface area contributed by atoms with Crippen LogP contribution in [-0.2, 0) is 26.3 Å². The molecule has 0 bridgehead atoms. The van der Waals surface area contributed by atoms with Crippen LogP contribution in [0.2, 0.25) is 0 Å². The average molecular weight is 526 g/mol. The Hall–Kier alpha value is -2.51. The summed E-state index contributed by atoms with van der Waals surface area (Å²) in [7, 11) is 0. The van der Waals surface area contributed by atoms with Crippen LogP contribution in [0.1, 0.15) is 16.2 Å². The zero-order valence-corrected chi connectivity index (χ0v) is 14.8. The SMILES string of the molecule is FC(F)(F)c1ccc(-c2ccccn2)[n-]1.O=C(O)c1ccccn1.[Ir]. The molecule has 0 spiro atoms. The number of halogens is 3. The second-order valence-electron chi connectivity index (χ2n) is 4.45.